The fourth-order valence-corrected chi connectivity index (χ4v) is 4.82. The highest BCUT2D eigenvalue weighted by Crippen LogP contribution is 2.42. The third-order valence-electron chi connectivity index (χ3n) is 6.86. The summed E-state index contributed by atoms with van der Waals surface area (Å²) in [6.45, 7) is 1.43. The third-order valence-corrected chi connectivity index (χ3v) is 6.86. The molecule has 7 nitrogen and oxygen atoms in total. The van der Waals surface area contributed by atoms with Crippen LogP contribution in [0.3, 0.4) is 0 Å². The molecule has 2 aromatic carbocycles. The van der Waals surface area contributed by atoms with E-state index >= 15 is 0 Å². The van der Waals surface area contributed by atoms with Crippen LogP contribution in [0.1, 0.15) is 53.7 Å². The van der Waals surface area contributed by atoms with Gasteiger partial charge in [-0.3, -0.25) is 9.59 Å². The second kappa shape index (κ2) is 10.6. The lowest BCUT2D eigenvalue weighted by molar-refractivity contribution is -0.137. The van der Waals surface area contributed by atoms with E-state index in [0.717, 1.165) is 18.4 Å². The number of rotatable bonds is 8. The van der Waals surface area contributed by atoms with Gasteiger partial charge in [0.25, 0.3) is 0 Å². The molecule has 2 heterocycles. The van der Waals surface area contributed by atoms with Gasteiger partial charge in [0.15, 0.2) is 0 Å². The van der Waals surface area contributed by atoms with Crippen LogP contribution in [0.4, 0.5) is 14.6 Å². The number of nitrogens with zero attached hydrogens (tertiary/aromatic N) is 3. The molecule has 1 aliphatic heterocycles. The van der Waals surface area contributed by atoms with Crippen LogP contribution in [0.2, 0.25) is 0 Å². The number of hydrogen-bond donors (Lipinski definition) is 2. The first-order chi connectivity index (χ1) is 17.9. The molecule has 1 aromatic heterocycles. The van der Waals surface area contributed by atoms with Crippen molar-refractivity contribution in [3.8, 4) is 0 Å². The van der Waals surface area contributed by atoms with Crippen molar-refractivity contribution in [3.63, 3.8) is 0 Å². The van der Waals surface area contributed by atoms with Crippen LogP contribution >= 0.6 is 0 Å². The predicted molar refractivity (Wildman–Crippen MR) is 135 cm³/mol. The molecular formula is C28H29F2N5O2. The van der Waals surface area contributed by atoms with Crippen LogP contribution < -0.4 is 10.6 Å². The van der Waals surface area contributed by atoms with Gasteiger partial charge in [0.2, 0.25) is 11.8 Å². The second-order valence-electron chi connectivity index (χ2n) is 9.65. The van der Waals surface area contributed by atoms with Crippen molar-refractivity contribution in [3.05, 3.63) is 89.1 Å². The average Bonchev–Trinajstić information content (AvgIpc) is 3.66. The first-order valence-electron chi connectivity index (χ1n) is 12.5. The van der Waals surface area contributed by atoms with Crippen molar-refractivity contribution in [2.75, 3.05) is 18.4 Å². The number of benzene rings is 2. The van der Waals surface area contributed by atoms with Crippen molar-refractivity contribution in [1.29, 1.82) is 0 Å². The Hall–Kier alpha value is -3.88. The Morgan fingerprint density at radius 2 is 1.89 bits per heavy atom. The van der Waals surface area contributed by atoms with Crippen molar-refractivity contribution in [2.45, 2.75) is 50.4 Å². The predicted octanol–water partition coefficient (Wildman–Crippen LogP) is 4.06. The molecular weight excluding hydrogens is 476 g/mol. The van der Waals surface area contributed by atoms with E-state index in [9.17, 15) is 18.4 Å². The molecule has 9 heteroatoms. The van der Waals surface area contributed by atoms with E-state index in [1.807, 2.05) is 36.4 Å². The number of likely N-dealkylation sites (tertiary alicyclic amines) is 1. The molecule has 2 amide bonds. The normalized spacial score (nSPS) is 19.9. The summed E-state index contributed by atoms with van der Waals surface area (Å²) in [5, 5.41) is 5.88. The van der Waals surface area contributed by atoms with Crippen molar-refractivity contribution < 1.29 is 18.4 Å². The molecule has 0 radical (unpaired) electrons. The molecule has 2 fully saturated rings. The number of aromatic nitrogens is 2. The van der Waals surface area contributed by atoms with Crippen LogP contribution in [0, 0.1) is 12.7 Å². The zero-order valence-corrected chi connectivity index (χ0v) is 20.5. The fourth-order valence-electron chi connectivity index (χ4n) is 4.82. The van der Waals surface area contributed by atoms with Gasteiger partial charge in [0.05, 0.1) is 19.1 Å². The highest BCUT2D eigenvalue weighted by atomic mass is 19.1. The van der Waals surface area contributed by atoms with E-state index < -0.39 is 30.1 Å². The Labute approximate surface area is 214 Å². The molecule has 1 saturated heterocycles. The molecule has 192 valence electrons. The number of carbonyl (C=O) groups excluding carboxylic acids is 2. The Morgan fingerprint density at radius 1 is 1.11 bits per heavy atom. The van der Waals surface area contributed by atoms with Gasteiger partial charge in [-0.2, -0.15) is 0 Å². The molecule has 5 rings (SSSR count). The number of anilines is 1. The minimum absolute atomic E-state index is 0.0966. The maximum absolute atomic E-state index is 14.9. The lowest BCUT2D eigenvalue weighted by atomic mass is 9.96. The van der Waals surface area contributed by atoms with E-state index in [1.165, 1.54) is 11.0 Å². The molecule has 3 aromatic rings. The molecule has 1 aliphatic carbocycles. The van der Waals surface area contributed by atoms with Crippen molar-refractivity contribution in [2.24, 2.45) is 0 Å². The van der Waals surface area contributed by atoms with Gasteiger partial charge in [0, 0.05) is 12.6 Å². The van der Waals surface area contributed by atoms with Crippen LogP contribution in [0.15, 0.2) is 60.8 Å². The van der Waals surface area contributed by atoms with Crippen LogP contribution in [-0.2, 0) is 9.59 Å². The van der Waals surface area contributed by atoms with Crippen LogP contribution in [0.25, 0.3) is 0 Å². The van der Waals surface area contributed by atoms with Gasteiger partial charge in [-0.25, -0.2) is 18.7 Å². The highest BCUT2D eigenvalue weighted by Gasteiger charge is 2.40. The number of alkyl halides is 1. The lowest BCUT2D eigenvalue weighted by Gasteiger charge is -2.27. The summed E-state index contributed by atoms with van der Waals surface area (Å²) in [4.78, 5) is 35.9. The summed E-state index contributed by atoms with van der Waals surface area (Å²) in [5.41, 5.74) is 2.05. The number of aryl methyl sites for hydroxylation is 1. The quantitative estimate of drug-likeness (QED) is 0.482. The zero-order valence-electron chi connectivity index (χ0n) is 20.5. The molecule has 0 bridgehead atoms. The van der Waals surface area contributed by atoms with Crippen molar-refractivity contribution in [1.82, 2.24) is 20.2 Å². The highest BCUT2D eigenvalue weighted by molar-refractivity contribution is 5.90. The van der Waals surface area contributed by atoms with Gasteiger partial charge >= 0.3 is 0 Å². The average molecular weight is 506 g/mol. The topological polar surface area (TPSA) is 87.2 Å². The van der Waals surface area contributed by atoms with Crippen LogP contribution in [0.5, 0.6) is 0 Å². The minimum atomic E-state index is -1.31. The lowest BCUT2D eigenvalue weighted by Crippen LogP contribution is -2.48. The summed E-state index contributed by atoms with van der Waals surface area (Å²) >= 11 is 0. The van der Waals surface area contributed by atoms with E-state index in [4.69, 9.17) is 0 Å². The van der Waals surface area contributed by atoms with Gasteiger partial charge in [-0.05, 0) is 54.5 Å². The monoisotopic (exact) mass is 505 g/mol. The van der Waals surface area contributed by atoms with E-state index in [1.54, 1.807) is 25.3 Å². The molecule has 3 atom stereocenters. The maximum atomic E-state index is 14.9. The summed E-state index contributed by atoms with van der Waals surface area (Å²) < 4.78 is 29.4. The summed E-state index contributed by atoms with van der Waals surface area (Å²) in [7, 11) is 0. The van der Waals surface area contributed by atoms with Gasteiger partial charge in [-0.15, -0.1) is 0 Å². The Kier molecular flexibility index (Phi) is 7.12. The van der Waals surface area contributed by atoms with E-state index in [-0.39, 0.29) is 31.2 Å². The van der Waals surface area contributed by atoms with E-state index in [2.05, 4.69) is 20.6 Å². The molecule has 0 spiro atoms. The molecule has 1 saturated carbocycles. The first-order valence-corrected chi connectivity index (χ1v) is 12.5. The standard InChI is InChI=1S/C28H29F2N5O2/c1-17-31-12-11-25(33-17)32-15-26(36)35-16-21(29)14-24(35)28(37)34-27(19-5-3-2-4-6-19)20-9-10-22(18-7-8-18)23(30)13-20/h2-6,9-13,18,21,24,27H,7-8,14-16H2,1H3,(H,34,37)(H,31,32,33)/t21-,24+,27+/m1/s1. The zero-order chi connectivity index (χ0) is 25.9. The fraction of sp³-hybridized carbons (Fsp3) is 0.357. The molecule has 2 aliphatic rings. The molecule has 0 unspecified atom stereocenters. The Balaban J connectivity index is 1.33. The Morgan fingerprint density at radius 3 is 2.59 bits per heavy atom. The number of nitrogens with one attached hydrogen (secondary N) is 2. The molecule has 37 heavy (non-hydrogen) atoms. The van der Waals surface area contributed by atoms with Gasteiger partial charge in [0.1, 0.15) is 29.7 Å². The van der Waals surface area contributed by atoms with E-state index in [0.29, 0.717) is 22.8 Å². The van der Waals surface area contributed by atoms with Gasteiger partial charge in [-0.1, -0.05) is 42.5 Å². The number of amides is 2. The summed E-state index contributed by atoms with van der Waals surface area (Å²) in [6.07, 6.45) is 2.13. The number of hydrogen-bond acceptors (Lipinski definition) is 5. The number of carbonyl (C=O) groups is 2. The van der Waals surface area contributed by atoms with Gasteiger partial charge < -0.3 is 15.5 Å². The molecule has 2 N–H and O–H groups in total. The first kappa shape index (κ1) is 24.8. The summed E-state index contributed by atoms with van der Waals surface area (Å²) in [6, 6.07) is 14.3. The van der Waals surface area contributed by atoms with Crippen molar-refractivity contribution >= 4 is 17.6 Å². The SMILES string of the molecule is Cc1nccc(NCC(=O)N2C[C@H](F)C[C@H]2C(=O)N[C@@H](c2ccccc2)c2ccc(C3CC3)c(F)c2)n1. The smallest absolute Gasteiger partial charge is 0.243 e. The number of halogens is 2. The summed E-state index contributed by atoms with van der Waals surface area (Å²) in [5.74, 6) is 0.104. The largest absolute Gasteiger partial charge is 0.361 e. The Bertz CT molecular complexity index is 1280. The van der Waals surface area contributed by atoms with Crippen LogP contribution in [-0.4, -0.2) is 52.0 Å². The maximum Gasteiger partial charge on any atom is 0.243 e. The minimum Gasteiger partial charge on any atom is -0.361 e. The third kappa shape index (κ3) is 5.76. The second-order valence-corrected chi connectivity index (χ2v) is 9.65.